The average molecular weight is 254 g/mol. The highest BCUT2D eigenvalue weighted by molar-refractivity contribution is 5.70. The molecule has 0 bridgehead atoms. The third-order valence-corrected chi connectivity index (χ3v) is 5.07. The van der Waals surface area contributed by atoms with Gasteiger partial charge in [-0.1, -0.05) is 6.92 Å². The normalized spacial score (nSPS) is 33.7. The minimum atomic E-state index is -0.676. The van der Waals surface area contributed by atoms with Crippen molar-refractivity contribution in [3.63, 3.8) is 0 Å². The fourth-order valence-corrected chi connectivity index (χ4v) is 3.57. The molecule has 4 unspecified atom stereocenters. The molecule has 0 radical (unpaired) electrons. The lowest BCUT2D eigenvalue weighted by Crippen LogP contribution is -2.55. The van der Waals surface area contributed by atoms with Crippen LogP contribution in [0, 0.1) is 11.8 Å². The minimum Gasteiger partial charge on any atom is -0.481 e. The zero-order valence-electron chi connectivity index (χ0n) is 11.8. The number of carboxylic acids is 1. The van der Waals surface area contributed by atoms with Crippen LogP contribution in [0.5, 0.6) is 0 Å². The van der Waals surface area contributed by atoms with E-state index in [9.17, 15) is 4.79 Å². The van der Waals surface area contributed by atoms with Gasteiger partial charge in [-0.15, -0.1) is 0 Å². The van der Waals surface area contributed by atoms with Crippen molar-refractivity contribution in [2.45, 2.75) is 45.2 Å². The van der Waals surface area contributed by atoms with Gasteiger partial charge in [-0.05, 0) is 52.2 Å². The zero-order valence-corrected chi connectivity index (χ0v) is 11.8. The third-order valence-electron chi connectivity index (χ3n) is 5.07. The van der Waals surface area contributed by atoms with E-state index in [1.165, 1.54) is 25.8 Å². The van der Waals surface area contributed by atoms with Gasteiger partial charge in [-0.2, -0.15) is 0 Å². The van der Waals surface area contributed by atoms with Gasteiger partial charge in [0.1, 0.15) is 0 Å². The Labute approximate surface area is 110 Å². The average Bonchev–Trinajstić information content (AvgIpc) is 2.36. The van der Waals surface area contributed by atoms with E-state index in [2.05, 4.69) is 23.8 Å². The summed E-state index contributed by atoms with van der Waals surface area (Å²) < 4.78 is 0. The van der Waals surface area contributed by atoms with Crippen molar-refractivity contribution in [2.75, 3.05) is 26.7 Å². The number of carbonyl (C=O) groups is 1. The lowest BCUT2D eigenvalue weighted by molar-refractivity contribution is -0.143. The second-order valence-electron chi connectivity index (χ2n) is 6.10. The summed E-state index contributed by atoms with van der Waals surface area (Å²) in [6.45, 7) is 7.23. The van der Waals surface area contributed by atoms with E-state index in [1.807, 2.05) is 6.92 Å². The van der Waals surface area contributed by atoms with E-state index in [0.29, 0.717) is 0 Å². The highest BCUT2D eigenvalue weighted by Crippen LogP contribution is 2.31. The molecule has 2 fully saturated rings. The summed E-state index contributed by atoms with van der Waals surface area (Å²) in [7, 11) is 2.23. The molecule has 0 aliphatic carbocycles. The lowest BCUT2D eigenvalue weighted by atomic mass is 9.83. The molecule has 4 heteroatoms. The van der Waals surface area contributed by atoms with Crippen LogP contribution in [0.15, 0.2) is 0 Å². The second-order valence-corrected chi connectivity index (χ2v) is 6.10. The van der Waals surface area contributed by atoms with Crippen LogP contribution >= 0.6 is 0 Å². The van der Waals surface area contributed by atoms with Gasteiger partial charge in [-0.25, -0.2) is 0 Å². The quantitative estimate of drug-likeness (QED) is 0.829. The summed E-state index contributed by atoms with van der Waals surface area (Å²) in [5.41, 5.74) is 0. The van der Waals surface area contributed by atoms with Crippen LogP contribution in [0.1, 0.15) is 33.1 Å². The Morgan fingerprint density at radius 3 is 2.67 bits per heavy atom. The van der Waals surface area contributed by atoms with Gasteiger partial charge in [0.15, 0.2) is 0 Å². The van der Waals surface area contributed by atoms with Gasteiger partial charge in [0.2, 0.25) is 0 Å². The van der Waals surface area contributed by atoms with Crippen molar-refractivity contribution in [1.29, 1.82) is 0 Å². The molecule has 0 aromatic heterocycles. The molecule has 1 N–H and O–H groups in total. The van der Waals surface area contributed by atoms with Crippen LogP contribution in [0.3, 0.4) is 0 Å². The fourth-order valence-electron chi connectivity index (χ4n) is 3.57. The Morgan fingerprint density at radius 2 is 2.00 bits per heavy atom. The number of aliphatic carboxylic acids is 1. The standard InChI is InChI=1S/C14H26N2O2/c1-10(14(17)18)11(2)16-8-6-13-12(9-16)5-4-7-15(13)3/h10-13H,4-9H2,1-3H3,(H,17,18). The Hall–Kier alpha value is -0.610. The molecular formula is C14H26N2O2. The smallest absolute Gasteiger partial charge is 0.307 e. The number of hydrogen-bond acceptors (Lipinski definition) is 3. The first-order chi connectivity index (χ1) is 8.50. The number of carboxylic acid groups (broad SMARTS) is 1. The third kappa shape index (κ3) is 2.69. The summed E-state index contributed by atoms with van der Waals surface area (Å²) in [6, 6.07) is 0.873. The van der Waals surface area contributed by atoms with Crippen LogP contribution in [0.4, 0.5) is 0 Å². The minimum absolute atomic E-state index is 0.149. The van der Waals surface area contributed by atoms with Gasteiger partial charge in [0, 0.05) is 18.6 Å². The molecule has 2 aliphatic rings. The van der Waals surface area contributed by atoms with Gasteiger partial charge in [0.05, 0.1) is 5.92 Å². The molecule has 4 nitrogen and oxygen atoms in total. The first kappa shape index (κ1) is 13.8. The molecule has 2 rings (SSSR count). The number of nitrogens with zero attached hydrogens (tertiary/aromatic N) is 2. The molecule has 18 heavy (non-hydrogen) atoms. The van der Waals surface area contributed by atoms with E-state index in [1.54, 1.807) is 0 Å². The van der Waals surface area contributed by atoms with E-state index in [0.717, 1.165) is 25.0 Å². The first-order valence-corrected chi connectivity index (χ1v) is 7.17. The number of rotatable bonds is 3. The maximum atomic E-state index is 11.1. The van der Waals surface area contributed by atoms with Crippen LogP contribution in [-0.4, -0.2) is 59.6 Å². The van der Waals surface area contributed by atoms with Gasteiger partial charge < -0.3 is 10.0 Å². The number of likely N-dealkylation sites (tertiary alicyclic amines) is 2. The molecule has 0 aromatic carbocycles. The largest absolute Gasteiger partial charge is 0.481 e. The monoisotopic (exact) mass is 254 g/mol. The summed E-state index contributed by atoms with van der Waals surface area (Å²) in [4.78, 5) is 16.0. The van der Waals surface area contributed by atoms with Crippen molar-refractivity contribution in [1.82, 2.24) is 9.80 Å². The number of piperidine rings is 2. The summed E-state index contributed by atoms with van der Waals surface area (Å²) in [5, 5.41) is 9.12. The van der Waals surface area contributed by atoms with Crippen LogP contribution < -0.4 is 0 Å². The van der Waals surface area contributed by atoms with Crippen molar-refractivity contribution < 1.29 is 9.90 Å². The van der Waals surface area contributed by atoms with Gasteiger partial charge in [0.25, 0.3) is 0 Å². The molecule has 0 aromatic rings. The fraction of sp³-hybridized carbons (Fsp3) is 0.929. The van der Waals surface area contributed by atoms with E-state index >= 15 is 0 Å². The highest BCUT2D eigenvalue weighted by Gasteiger charge is 2.37. The predicted octanol–water partition coefficient (Wildman–Crippen LogP) is 1.51. The van der Waals surface area contributed by atoms with E-state index in [-0.39, 0.29) is 12.0 Å². The summed E-state index contributed by atoms with van der Waals surface area (Å²) in [6.07, 6.45) is 3.78. The van der Waals surface area contributed by atoms with Crippen LogP contribution in [0.25, 0.3) is 0 Å². The van der Waals surface area contributed by atoms with Gasteiger partial charge >= 0.3 is 5.97 Å². The Bertz CT molecular complexity index is 308. The molecular weight excluding hydrogens is 228 g/mol. The molecule has 2 aliphatic heterocycles. The lowest BCUT2D eigenvalue weighted by Gasteiger charge is -2.48. The van der Waals surface area contributed by atoms with Crippen LogP contribution in [-0.2, 0) is 4.79 Å². The topological polar surface area (TPSA) is 43.8 Å². The maximum Gasteiger partial charge on any atom is 0.307 e. The van der Waals surface area contributed by atoms with Crippen molar-refractivity contribution in [3.8, 4) is 0 Å². The zero-order chi connectivity index (χ0) is 13.3. The number of hydrogen-bond donors (Lipinski definition) is 1. The van der Waals surface area contributed by atoms with Crippen molar-refractivity contribution in [3.05, 3.63) is 0 Å². The highest BCUT2D eigenvalue weighted by atomic mass is 16.4. The Morgan fingerprint density at radius 1 is 1.28 bits per heavy atom. The predicted molar refractivity (Wildman–Crippen MR) is 71.6 cm³/mol. The molecule has 0 saturated carbocycles. The molecule has 2 heterocycles. The van der Waals surface area contributed by atoms with Crippen molar-refractivity contribution >= 4 is 5.97 Å². The van der Waals surface area contributed by atoms with E-state index < -0.39 is 5.97 Å². The Kier molecular flexibility index (Phi) is 4.28. The first-order valence-electron chi connectivity index (χ1n) is 7.17. The SMILES string of the molecule is CC(C(=O)O)C(C)N1CCC2C(CCCN2C)C1. The summed E-state index contributed by atoms with van der Waals surface area (Å²) in [5.74, 6) is -0.214. The van der Waals surface area contributed by atoms with E-state index in [4.69, 9.17) is 5.11 Å². The van der Waals surface area contributed by atoms with Crippen LogP contribution in [0.2, 0.25) is 0 Å². The molecule has 2 saturated heterocycles. The maximum absolute atomic E-state index is 11.1. The summed E-state index contributed by atoms with van der Waals surface area (Å²) >= 11 is 0. The Balaban J connectivity index is 1.96. The molecule has 0 spiro atoms. The molecule has 0 amide bonds. The number of fused-ring (bicyclic) bond motifs is 1. The molecule has 4 atom stereocenters. The van der Waals surface area contributed by atoms with Crippen molar-refractivity contribution in [2.24, 2.45) is 11.8 Å². The van der Waals surface area contributed by atoms with Gasteiger partial charge in [-0.3, -0.25) is 9.69 Å². The molecule has 104 valence electrons. The second kappa shape index (κ2) is 5.57.